The van der Waals surface area contributed by atoms with Crippen molar-refractivity contribution in [3.8, 4) is 0 Å². The Hall–Kier alpha value is -0.700. The second-order valence-corrected chi connectivity index (χ2v) is 3.24. The molecule has 0 atom stereocenters. The van der Waals surface area contributed by atoms with Gasteiger partial charge in [0.15, 0.2) is 5.15 Å². The summed E-state index contributed by atoms with van der Waals surface area (Å²) in [4.78, 5) is 0. The molecule has 0 radical (unpaired) electrons. The molecule has 0 bridgehead atoms. The molecule has 1 aliphatic carbocycles. The number of anilines is 1. The fraction of sp³-hybridized carbons (Fsp3) is 0.571. The summed E-state index contributed by atoms with van der Waals surface area (Å²) >= 11 is 5.77. The molecule has 1 aliphatic rings. The molecule has 2 N–H and O–H groups in total. The summed E-state index contributed by atoms with van der Waals surface area (Å²) in [6, 6.07) is 0. The molecule has 0 spiro atoms. The number of hydrogen-bond acceptors (Lipinski definition) is 3. The molecule has 0 amide bonds. The summed E-state index contributed by atoms with van der Waals surface area (Å²) < 4.78 is 4.75. The van der Waals surface area contributed by atoms with Crippen molar-refractivity contribution in [2.45, 2.75) is 25.2 Å². The van der Waals surface area contributed by atoms with Crippen molar-refractivity contribution in [1.29, 1.82) is 0 Å². The van der Waals surface area contributed by atoms with E-state index in [0.717, 1.165) is 18.4 Å². The quantitative estimate of drug-likeness (QED) is 0.707. The van der Waals surface area contributed by atoms with E-state index in [1.807, 2.05) is 0 Å². The van der Waals surface area contributed by atoms with Crippen LogP contribution in [0.1, 0.15) is 30.7 Å². The largest absolute Gasteiger partial charge is 0.367 e. The van der Waals surface area contributed by atoms with Gasteiger partial charge in [0.25, 0.3) is 0 Å². The van der Waals surface area contributed by atoms with Gasteiger partial charge in [-0.2, -0.15) is 0 Å². The number of hydrogen-bond donors (Lipinski definition) is 1. The van der Waals surface area contributed by atoms with E-state index in [4.69, 9.17) is 21.9 Å². The lowest BCUT2D eigenvalue weighted by molar-refractivity contribution is 0.412. The molecule has 1 fully saturated rings. The second-order valence-electron chi connectivity index (χ2n) is 2.88. The van der Waals surface area contributed by atoms with Crippen molar-refractivity contribution in [3.63, 3.8) is 0 Å². The number of nitrogens with zero attached hydrogens (tertiary/aromatic N) is 1. The Balaban J connectivity index is 2.33. The zero-order chi connectivity index (χ0) is 7.84. The van der Waals surface area contributed by atoms with Crippen molar-refractivity contribution < 1.29 is 4.52 Å². The summed E-state index contributed by atoms with van der Waals surface area (Å²) in [7, 11) is 0. The molecule has 1 aromatic rings. The van der Waals surface area contributed by atoms with Crippen LogP contribution in [-0.2, 0) is 0 Å². The third-order valence-electron chi connectivity index (χ3n) is 2.23. The van der Waals surface area contributed by atoms with E-state index in [0.29, 0.717) is 17.0 Å². The smallest absolute Gasteiger partial charge is 0.227 e. The fourth-order valence-electron chi connectivity index (χ4n) is 1.36. The zero-order valence-electron chi connectivity index (χ0n) is 6.01. The molecule has 2 rings (SSSR count). The highest BCUT2D eigenvalue weighted by Gasteiger charge is 2.27. The minimum atomic E-state index is 0.389. The van der Waals surface area contributed by atoms with Gasteiger partial charge in [0.2, 0.25) is 5.88 Å². The van der Waals surface area contributed by atoms with Crippen LogP contribution in [0.15, 0.2) is 4.52 Å². The predicted molar refractivity (Wildman–Crippen MR) is 42.5 cm³/mol. The molecule has 1 heterocycles. The van der Waals surface area contributed by atoms with Crippen LogP contribution in [0.5, 0.6) is 0 Å². The van der Waals surface area contributed by atoms with Crippen LogP contribution in [0.3, 0.4) is 0 Å². The first kappa shape index (κ1) is 6.98. The van der Waals surface area contributed by atoms with Crippen molar-refractivity contribution in [3.05, 3.63) is 10.7 Å². The molecule has 11 heavy (non-hydrogen) atoms. The maximum atomic E-state index is 5.77. The van der Waals surface area contributed by atoms with Crippen LogP contribution in [0.25, 0.3) is 0 Å². The van der Waals surface area contributed by atoms with Crippen LogP contribution in [0, 0.1) is 0 Å². The van der Waals surface area contributed by atoms with Gasteiger partial charge in [-0.15, -0.1) is 0 Å². The standard InChI is InChI=1S/C7H9ClN2O/c8-6-5(4-2-1-3-4)7(9)11-10-6/h4H,1-3,9H2. The number of aromatic nitrogens is 1. The molecule has 1 saturated carbocycles. The topological polar surface area (TPSA) is 52.0 Å². The third-order valence-corrected chi connectivity index (χ3v) is 2.50. The van der Waals surface area contributed by atoms with Gasteiger partial charge in [0, 0.05) is 0 Å². The Labute approximate surface area is 69.5 Å². The maximum absolute atomic E-state index is 5.77. The molecular weight excluding hydrogens is 164 g/mol. The number of nitrogens with two attached hydrogens (primary N) is 1. The second kappa shape index (κ2) is 2.41. The number of halogens is 1. The summed E-state index contributed by atoms with van der Waals surface area (Å²) in [5, 5.41) is 4.02. The minimum Gasteiger partial charge on any atom is -0.367 e. The van der Waals surface area contributed by atoms with Gasteiger partial charge in [-0.1, -0.05) is 23.2 Å². The van der Waals surface area contributed by atoms with E-state index < -0.39 is 0 Å². The van der Waals surface area contributed by atoms with E-state index in [2.05, 4.69) is 5.16 Å². The Bertz CT molecular complexity index is 248. The van der Waals surface area contributed by atoms with Crippen LogP contribution >= 0.6 is 11.6 Å². The van der Waals surface area contributed by atoms with Crippen molar-refractivity contribution in [2.75, 3.05) is 5.73 Å². The molecular formula is C7H9ClN2O. The van der Waals surface area contributed by atoms with Gasteiger partial charge in [-0.05, 0) is 18.8 Å². The Morgan fingerprint density at radius 3 is 2.64 bits per heavy atom. The summed E-state index contributed by atoms with van der Waals surface area (Å²) in [5.74, 6) is 0.883. The van der Waals surface area contributed by atoms with E-state index in [1.165, 1.54) is 6.42 Å². The molecule has 0 saturated heterocycles. The van der Waals surface area contributed by atoms with Crippen molar-refractivity contribution in [1.82, 2.24) is 5.16 Å². The molecule has 3 nitrogen and oxygen atoms in total. The first-order chi connectivity index (χ1) is 5.29. The number of nitrogen functional groups attached to an aromatic ring is 1. The average molecular weight is 173 g/mol. The van der Waals surface area contributed by atoms with Crippen LogP contribution in [-0.4, -0.2) is 5.16 Å². The van der Waals surface area contributed by atoms with Gasteiger partial charge in [-0.3, -0.25) is 0 Å². The predicted octanol–water partition coefficient (Wildman–Crippen LogP) is 2.18. The van der Waals surface area contributed by atoms with Crippen LogP contribution in [0.4, 0.5) is 5.88 Å². The molecule has 1 aromatic heterocycles. The van der Waals surface area contributed by atoms with Crippen LogP contribution in [0.2, 0.25) is 5.15 Å². The normalized spacial score (nSPS) is 18.3. The van der Waals surface area contributed by atoms with Gasteiger partial charge in [0.1, 0.15) is 0 Å². The number of rotatable bonds is 1. The van der Waals surface area contributed by atoms with Gasteiger partial charge >= 0.3 is 0 Å². The van der Waals surface area contributed by atoms with E-state index in [-0.39, 0.29) is 0 Å². The molecule has 4 heteroatoms. The maximum Gasteiger partial charge on any atom is 0.227 e. The molecule has 0 aromatic carbocycles. The zero-order valence-corrected chi connectivity index (χ0v) is 6.77. The Kier molecular flexibility index (Phi) is 1.53. The highest BCUT2D eigenvalue weighted by atomic mass is 35.5. The van der Waals surface area contributed by atoms with Gasteiger partial charge in [0.05, 0.1) is 5.56 Å². The summed E-state index contributed by atoms with van der Waals surface area (Å²) in [6.45, 7) is 0. The lowest BCUT2D eigenvalue weighted by Gasteiger charge is -2.24. The van der Waals surface area contributed by atoms with Crippen molar-refractivity contribution in [2.24, 2.45) is 0 Å². The van der Waals surface area contributed by atoms with Gasteiger partial charge < -0.3 is 10.3 Å². The monoisotopic (exact) mass is 172 g/mol. The fourth-order valence-corrected chi connectivity index (χ4v) is 1.64. The molecule has 0 aliphatic heterocycles. The first-order valence-electron chi connectivity index (χ1n) is 3.69. The SMILES string of the molecule is Nc1onc(Cl)c1C1CCC1. The van der Waals surface area contributed by atoms with Crippen LogP contribution < -0.4 is 5.73 Å². The van der Waals surface area contributed by atoms with E-state index in [9.17, 15) is 0 Å². The average Bonchev–Trinajstić information content (AvgIpc) is 2.15. The Morgan fingerprint density at radius 1 is 1.55 bits per heavy atom. The lowest BCUT2D eigenvalue weighted by Crippen LogP contribution is -2.09. The van der Waals surface area contributed by atoms with Gasteiger partial charge in [-0.25, -0.2) is 0 Å². The minimum absolute atomic E-state index is 0.389. The third kappa shape index (κ3) is 0.997. The van der Waals surface area contributed by atoms with E-state index >= 15 is 0 Å². The molecule has 0 unspecified atom stereocenters. The molecule has 60 valence electrons. The van der Waals surface area contributed by atoms with Crippen molar-refractivity contribution >= 4 is 17.5 Å². The Morgan fingerprint density at radius 2 is 2.27 bits per heavy atom. The summed E-state index contributed by atoms with van der Waals surface area (Å²) in [6.07, 6.45) is 3.57. The lowest BCUT2D eigenvalue weighted by atomic mass is 9.81. The highest BCUT2D eigenvalue weighted by molar-refractivity contribution is 6.30. The first-order valence-corrected chi connectivity index (χ1v) is 4.07. The highest BCUT2D eigenvalue weighted by Crippen LogP contribution is 2.42. The summed E-state index contributed by atoms with van der Waals surface area (Å²) in [5.41, 5.74) is 6.45. The van der Waals surface area contributed by atoms with E-state index in [1.54, 1.807) is 0 Å².